The highest BCUT2D eigenvalue weighted by molar-refractivity contribution is 6.19. The van der Waals surface area contributed by atoms with Crippen molar-refractivity contribution < 1.29 is 13.9 Å². The normalized spacial score (nSPS) is 14.7. The number of carbonyl (C=O) groups excluding carboxylic acids is 1. The molecule has 1 heterocycles. The van der Waals surface area contributed by atoms with E-state index < -0.39 is 29.8 Å². The number of rotatable bonds is 3. The third-order valence-corrected chi connectivity index (χ3v) is 4.78. The van der Waals surface area contributed by atoms with Crippen LogP contribution in [0, 0.1) is 22.6 Å². The molecule has 0 bridgehead atoms. The van der Waals surface area contributed by atoms with Crippen molar-refractivity contribution in [3.05, 3.63) is 101 Å². The molecule has 3 aromatic rings. The van der Waals surface area contributed by atoms with Crippen molar-refractivity contribution in [2.24, 2.45) is 15.7 Å². The number of halogens is 1. The Morgan fingerprint density at radius 3 is 2.51 bits per heavy atom. The van der Waals surface area contributed by atoms with Crippen molar-refractivity contribution in [1.29, 1.82) is 10.7 Å². The van der Waals surface area contributed by atoms with Crippen molar-refractivity contribution in [1.82, 2.24) is 0 Å². The van der Waals surface area contributed by atoms with Crippen LogP contribution in [0.25, 0.3) is 0 Å². The molecular formula is C26H23FN6O2. The minimum absolute atomic E-state index is 0.0517. The topological polar surface area (TPSA) is 137 Å². The molecule has 176 valence electrons. The number of ether oxygens (including phenoxy) is 1. The number of amides is 1. The zero-order chi connectivity index (χ0) is 25.4. The highest BCUT2D eigenvalue weighted by Crippen LogP contribution is 2.24. The Labute approximate surface area is 202 Å². The third-order valence-electron chi connectivity index (χ3n) is 4.78. The lowest BCUT2D eigenvalue weighted by molar-refractivity contribution is -0.117. The molecule has 0 radical (unpaired) electrons. The number of benzene rings is 3. The maximum Gasteiger partial charge on any atom is 0.291 e. The number of anilines is 1. The van der Waals surface area contributed by atoms with E-state index in [0.29, 0.717) is 11.4 Å². The van der Waals surface area contributed by atoms with Crippen LogP contribution in [0.4, 0.5) is 10.1 Å². The van der Waals surface area contributed by atoms with Crippen LogP contribution in [0.2, 0.25) is 0 Å². The molecule has 35 heavy (non-hydrogen) atoms. The lowest BCUT2D eigenvalue weighted by Crippen LogP contribution is -2.29. The highest BCUT2D eigenvalue weighted by Gasteiger charge is 2.26. The summed E-state index contributed by atoms with van der Waals surface area (Å²) in [7, 11) is 0. The Balaban J connectivity index is 0.00000167. The molecule has 1 aliphatic rings. The van der Waals surface area contributed by atoms with Gasteiger partial charge in [-0.25, -0.2) is 9.38 Å². The number of nitrogens with two attached hydrogens (primary N) is 1. The fraction of sp³-hybridized carbons (Fsp3) is 0.115. The zero-order valence-electron chi connectivity index (χ0n) is 19.1. The standard InChI is InChI=1S/C24H17FN6O2.C2H6/c25-18-12-15(10-11-16(18)13-26)21(27)33-24(28)31-22-23(32)29-19-9-5-4-8-17(19)20(30-22)14-6-2-1-3-7-14;1-2/h1-12,22,27H,(H2,28,31)(H,29,32);1-2H3. The Hall–Kier alpha value is -4.84. The quantitative estimate of drug-likeness (QED) is 0.390. The molecule has 3 aromatic carbocycles. The number of nitrogens with one attached hydrogen (secondary N) is 2. The minimum atomic E-state index is -1.28. The van der Waals surface area contributed by atoms with E-state index in [2.05, 4.69) is 15.3 Å². The van der Waals surface area contributed by atoms with Crippen molar-refractivity contribution in [3.8, 4) is 6.07 Å². The molecule has 0 aromatic heterocycles. The predicted molar refractivity (Wildman–Crippen MR) is 133 cm³/mol. The summed E-state index contributed by atoms with van der Waals surface area (Å²) < 4.78 is 19.0. The summed E-state index contributed by atoms with van der Waals surface area (Å²) in [4.78, 5) is 21.3. The zero-order valence-corrected chi connectivity index (χ0v) is 19.1. The lowest BCUT2D eigenvalue weighted by Gasteiger charge is -2.10. The van der Waals surface area contributed by atoms with Gasteiger partial charge in [0.1, 0.15) is 11.9 Å². The third kappa shape index (κ3) is 5.75. The van der Waals surface area contributed by atoms with Gasteiger partial charge in [-0.15, -0.1) is 0 Å². The largest absolute Gasteiger partial charge is 0.407 e. The number of nitrogens with zero attached hydrogens (tertiary/aromatic N) is 3. The van der Waals surface area contributed by atoms with Gasteiger partial charge in [-0.1, -0.05) is 62.4 Å². The molecule has 0 saturated carbocycles. The summed E-state index contributed by atoms with van der Waals surface area (Å²) in [5.41, 5.74) is 8.33. The number of fused-ring (bicyclic) bond motifs is 1. The monoisotopic (exact) mass is 470 g/mol. The fourth-order valence-corrected chi connectivity index (χ4v) is 3.22. The first-order valence-electron chi connectivity index (χ1n) is 10.8. The van der Waals surface area contributed by atoms with E-state index in [9.17, 15) is 9.18 Å². The van der Waals surface area contributed by atoms with E-state index >= 15 is 0 Å². The van der Waals surface area contributed by atoms with Crippen LogP contribution in [0.5, 0.6) is 0 Å². The summed E-state index contributed by atoms with van der Waals surface area (Å²) in [6, 6.07) is 21.3. The maximum absolute atomic E-state index is 13.8. The molecule has 1 unspecified atom stereocenters. The average molecular weight is 471 g/mol. The van der Waals surface area contributed by atoms with E-state index in [1.54, 1.807) is 18.2 Å². The Bertz CT molecular complexity index is 1350. The molecule has 0 spiro atoms. The minimum Gasteiger partial charge on any atom is -0.407 e. The van der Waals surface area contributed by atoms with Gasteiger partial charge in [0.05, 0.1) is 17.0 Å². The van der Waals surface area contributed by atoms with Crippen molar-refractivity contribution in [3.63, 3.8) is 0 Å². The van der Waals surface area contributed by atoms with Gasteiger partial charge in [0.15, 0.2) is 0 Å². The summed E-state index contributed by atoms with van der Waals surface area (Å²) in [5, 5.41) is 19.6. The van der Waals surface area contributed by atoms with Crippen LogP contribution in [0.15, 0.2) is 82.8 Å². The van der Waals surface area contributed by atoms with Crippen LogP contribution in [0.1, 0.15) is 36.1 Å². The second-order valence-electron chi connectivity index (χ2n) is 6.96. The molecule has 0 saturated heterocycles. The van der Waals surface area contributed by atoms with Crippen LogP contribution in [-0.4, -0.2) is 29.7 Å². The fourth-order valence-electron chi connectivity index (χ4n) is 3.22. The van der Waals surface area contributed by atoms with Gasteiger partial charge in [-0.05, 0) is 24.3 Å². The van der Waals surface area contributed by atoms with Gasteiger partial charge >= 0.3 is 0 Å². The van der Waals surface area contributed by atoms with E-state index in [1.165, 1.54) is 12.1 Å². The molecular weight excluding hydrogens is 447 g/mol. The Morgan fingerprint density at radius 2 is 1.83 bits per heavy atom. The number of benzodiazepines with no additional fused rings is 1. The first kappa shape index (κ1) is 24.8. The molecule has 0 fully saturated rings. The van der Waals surface area contributed by atoms with E-state index in [-0.39, 0.29) is 11.1 Å². The highest BCUT2D eigenvalue weighted by atomic mass is 19.1. The van der Waals surface area contributed by atoms with Gasteiger partial charge in [0, 0.05) is 16.7 Å². The predicted octanol–water partition coefficient (Wildman–Crippen LogP) is 4.20. The number of nitriles is 1. The SMILES string of the molecule is CC.N#Cc1ccc(C(=N)O/C(N)=N/C2N=C(c3ccccc3)c3ccccc3NC2=O)cc1F. The number of para-hydroxylation sites is 1. The molecule has 4 N–H and O–H groups in total. The number of carbonyl (C=O) groups is 1. The molecule has 0 aliphatic carbocycles. The smallest absolute Gasteiger partial charge is 0.291 e. The van der Waals surface area contributed by atoms with E-state index in [1.807, 2.05) is 56.3 Å². The summed E-state index contributed by atoms with van der Waals surface area (Å²) in [5.74, 6) is -1.82. The number of hydrogen-bond donors (Lipinski definition) is 3. The molecule has 4 rings (SSSR count). The van der Waals surface area contributed by atoms with Crippen LogP contribution < -0.4 is 11.1 Å². The number of aliphatic imine (C=N–C) groups is 2. The lowest BCUT2D eigenvalue weighted by atomic mass is 10.0. The second-order valence-corrected chi connectivity index (χ2v) is 6.96. The Morgan fingerprint density at radius 1 is 1.14 bits per heavy atom. The molecule has 1 amide bonds. The molecule has 1 atom stereocenters. The summed E-state index contributed by atoms with van der Waals surface area (Å²) >= 11 is 0. The molecule has 1 aliphatic heterocycles. The van der Waals surface area contributed by atoms with E-state index in [4.69, 9.17) is 21.1 Å². The van der Waals surface area contributed by atoms with Crippen LogP contribution in [0.3, 0.4) is 0 Å². The average Bonchev–Trinajstić information content (AvgIpc) is 3.01. The van der Waals surface area contributed by atoms with Gasteiger partial charge in [0.25, 0.3) is 11.9 Å². The van der Waals surface area contributed by atoms with Crippen molar-refractivity contribution in [2.75, 3.05) is 5.32 Å². The molecule has 8 nitrogen and oxygen atoms in total. The van der Waals surface area contributed by atoms with Crippen LogP contribution in [-0.2, 0) is 9.53 Å². The first-order chi connectivity index (χ1) is 17.0. The maximum atomic E-state index is 13.8. The van der Waals surface area contributed by atoms with Gasteiger partial charge in [-0.3, -0.25) is 10.2 Å². The number of hydrogen-bond acceptors (Lipinski definition) is 6. The summed E-state index contributed by atoms with van der Waals surface area (Å²) in [6.45, 7) is 4.00. The van der Waals surface area contributed by atoms with Crippen molar-refractivity contribution >= 4 is 29.2 Å². The second kappa shape index (κ2) is 11.3. The van der Waals surface area contributed by atoms with Gasteiger partial charge < -0.3 is 15.8 Å². The molecule has 9 heteroatoms. The Kier molecular flexibility index (Phi) is 8.03. The van der Waals surface area contributed by atoms with Crippen LogP contribution >= 0.6 is 0 Å². The summed E-state index contributed by atoms with van der Waals surface area (Å²) in [6.07, 6.45) is -1.28. The van der Waals surface area contributed by atoms with Gasteiger partial charge in [-0.2, -0.15) is 10.3 Å². The van der Waals surface area contributed by atoms with E-state index in [0.717, 1.165) is 17.2 Å². The van der Waals surface area contributed by atoms with Gasteiger partial charge in [0.2, 0.25) is 12.1 Å². The first-order valence-corrected chi connectivity index (χ1v) is 10.8. The van der Waals surface area contributed by atoms with Crippen molar-refractivity contribution in [2.45, 2.75) is 20.0 Å². The number of amidine groups is 1.